The second kappa shape index (κ2) is 8.70. The molecule has 0 heterocycles. The third-order valence-electron chi connectivity index (χ3n) is 2.78. The molecule has 114 valence electrons. The van der Waals surface area contributed by atoms with Gasteiger partial charge in [-0.05, 0) is 30.2 Å². The highest BCUT2D eigenvalue weighted by molar-refractivity contribution is 6.35. The van der Waals surface area contributed by atoms with Gasteiger partial charge in [-0.25, -0.2) is 0 Å². The van der Waals surface area contributed by atoms with Gasteiger partial charge in [0.15, 0.2) is 0 Å². The summed E-state index contributed by atoms with van der Waals surface area (Å²) < 4.78 is 0. The minimum Gasteiger partial charge on any atom is -0.481 e. The van der Waals surface area contributed by atoms with Crippen LogP contribution in [-0.2, 0) is 9.59 Å². The van der Waals surface area contributed by atoms with E-state index in [0.717, 1.165) is 6.42 Å². The van der Waals surface area contributed by atoms with Crippen molar-refractivity contribution in [3.05, 3.63) is 39.9 Å². The number of nitrogens with one attached hydrogen (secondary N) is 1. The zero-order valence-electron chi connectivity index (χ0n) is 11.6. The van der Waals surface area contributed by atoms with Gasteiger partial charge in [-0.3, -0.25) is 9.59 Å². The van der Waals surface area contributed by atoms with E-state index in [1.54, 1.807) is 24.3 Å². The lowest BCUT2D eigenvalue weighted by Gasteiger charge is -2.14. The Morgan fingerprint density at radius 1 is 1.38 bits per heavy atom. The van der Waals surface area contributed by atoms with E-state index in [4.69, 9.17) is 28.3 Å². The van der Waals surface area contributed by atoms with Crippen LogP contribution in [0.15, 0.2) is 24.3 Å². The molecule has 1 atom stereocenters. The number of hydrogen-bond acceptors (Lipinski definition) is 2. The molecule has 0 spiro atoms. The number of halogens is 2. The number of carbonyl (C=O) groups is 2. The molecule has 1 rings (SSSR count). The summed E-state index contributed by atoms with van der Waals surface area (Å²) in [4.78, 5) is 22.5. The highest BCUT2D eigenvalue weighted by Gasteiger charge is 2.13. The molecule has 1 aromatic rings. The second-order valence-electron chi connectivity index (χ2n) is 4.59. The van der Waals surface area contributed by atoms with Crippen molar-refractivity contribution in [2.75, 3.05) is 0 Å². The monoisotopic (exact) mass is 329 g/mol. The van der Waals surface area contributed by atoms with Crippen LogP contribution in [0.4, 0.5) is 0 Å². The molecule has 1 amide bonds. The van der Waals surface area contributed by atoms with E-state index in [1.165, 1.54) is 6.08 Å². The summed E-state index contributed by atoms with van der Waals surface area (Å²) >= 11 is 11.8. The van der Waals surface area contributed by atoms with E-state index in [-0.39, 0.29) is 18.4 Å². The van der Waals surface area contributed by atoms with Crippen LogP contribution in [0.25, 0.3) is 6.08 Å². The van der Waals surface area contributed by atoms with Gasteiger partial charge in [0.2, 0.25) is 5.91 Å². The van der Waals surface area contributed by atoms with Gasteiger partial charge in [-0.2, -0.15) is 0 Å². The van der Waals surface area contributed by atoms with Crippen molar-refractivity contribution >= 4 is 41.2 Å². The zero-order valence-corrected chi connectivity index (χ0v) is 13.1. The largest absolute Gasteiger partial charge is 0.481 e. The Morgan fingerprint density at radius 2 is 2.10 bits per heavy atom. The van der Waals surface area contributed by atoms with E-state index >= 15 is 0 Å². The first-order valence-corrected chi connectivity index (χ1v) is 7.33. The fourth-order valence-corrected chi connectivity index (χ4v) is 2.31. The molecule has 0 saturated carbocycles. The van der Waals surface area contributed by atoms with Crippen molar-refractivity contribution < 1.29 is 14.7 Å². The number of carbonyl (C=O) groups excluding carboxylic acids is 1. The number of rotatable bonds is 7. The Balaban J connectivity index is 2.66. The van der Waals surface area contributed by atoms with Crippen molar-refractivity contribution in [2.24, 2.45) is 0 Å². The minimum atomic E-state index is -0.932. The zero-order chi connectivity index (χ0) is 15.8. The van der Waals surface area contributed by atoms with Gasteiger partial charge in [-0.15, -0.1) is 0 Å². The molecule has 0 fully saturated rings. The molecule has 21 heavy (non-hydrogen) atoms. The van der Waals surface area contributed by atoms with Crippen molar-refractivity contribution in [1.82, 2.24) is 5.32 Å². The predicted molar refractivity (Wildman–Crippen MR) is 84.6 cm³/mol. The van der Waals surface area contributed by atoms with Crippen molar-refractivity contribution in [1.29, 1.82) is 0 Å². The van der Waals surface area contributed by atoms with Crippen LogP contribution < -0.4 is 5.32 Å². The quantitative estimate of drug-likeness (QED) is 0.748. The highest BCUT2D eigenvalue weighted by atomic mass is 35.5. The van der Waals surface area contributed by atoms with Crippen molar-refractivity contribution in [3.63, 3.8) is 0 Å². The van der Waals surface area contributed by atoms with Crippen molar-refractivity contribution in [2.45, 2.75) is 32.2 Å². The third-order valence-corrected chi connectivity index (χ3v) is 3.34. The van der Waals surface area contributed by atoms with Gasteiger partial charge in [0, 0.05) is 22.2 Å². The summed E-state index contributed by atoms with van der Waals surface area (Å²) in [6.45, 7) is 1.93. The predicted octanol–water partition coefficient (Wildman–Crippen LogP) is 3.77. The van der Waals surface area contributed by atoms with Crippen LogP contribution in [0.1, 0.15) is 31.7 Å². The fourth-order valence-electron chi connectivity index (χ4n) is 1.84. The first-order chi connectivity index (χ1) is 9.92. The first-order valence-electron chi connectivity index (χ1n) is 6.57. The molecular formula is C15H17Cl2NO3. The van der Waals surface area contributed by atoms with Gasteiger partial charge in [0.05, 0.1) is 6.42 Å². The minimum absolute atomic E-state index is 0.0882. The highest BCUT2D eigenvalue weighted by Crippen LogP contribution is 2.21. The summed E-state index contributed by atoms with van der Waals surface area (Å²) in [7, 11) is 0. The Morgan fingerprint density at radius 3 is 2.67 bits per heavy atom. The van der Waals surface area contributed by atoms with Crippen molar-refractivity contribution in [3.8, 4) is 0 Å². The lowest BCUT2D eigenvalue weighted by molar-refractivity contribution is -0.137. The Labute approximate surface area is 133 Å². The van der Waals surface area contributed by atoms with Gasteiger partial charge in [-0.1, -0.05) is 42.6 Å². The molecule has 1 unspecified atom stereocenters. The summed E-state index contributed by atoms with van der Waals surface area (Å²) in [5.41, 5.74) is 0.668. The summed E-state index contributed by atoms with van der Waals surface area (Å²) in [6.07, 6.45) is 4.23. The van der Waals surface area contributed by atoms with Gasteiger partial charge in [0.25, 0.3) is 0 Å². The first kappa shape index (κ1) is 17.5. The number of hydrogen-bond donors (Lipinski definition) is 2. The molecule has 0 radical (unpaired) electrons. The Kier molecular flexibility index (Phi) is 7.26. The second-order valence-corrected chi connectivity index (χ2v) is 5.43. The smallest absolute Gasteiger partial charge is 0.305 e. The molecule has 0 bridgehead atoms. The van der Waals surface area contributed by atoms with Crippen LogP contribution in [-0.4, -0.2) is 23.0 Å². The molecule has 0 aliphatic rings. The van der Waals surface area contributed by atoms with E-state index in [0.29, 0.717) is 22.0 Å². The Bertz CT molecular complexity index is 544. The number of amides is 1. The maximum absolute atomic E-state index is 11.8. The van der Waals surface area contributed by atoms with E-state index in [2.05, 4.69) is 5.32 Å². The van der Waals surface area contributed by atoms with Crippen LogP contribution in [0.3, 0.4) is 0 Å². The SMILES string of the molecule is CCCC(CC(=O)O)NC(=O)/C=C/c1ccc(Cl)cc1Cl. The molecular weight excluding hydrogens is 313 g/mol. The Hall–Kier alpha value is -1.52. The fraction of sp³-hybridized carbons (Fsp3) is 0.333. The summed E-state index contributed by atoms with van der Waals surface area (Å²) in [5, 5.41) is 12.4. The molecule has 6 heteroatoms. The maximum Gasteiger partial charge on any atom is 0.305 e. The maximum atomic E-state index is 11.8. The van der Waals surface area contributed by atoms with Gasteiger partial charge in [0.1, 0.15) is 0 Å². The van der Waals surface area contributed by atoms with Crippen LogP contribution in [0.2, 0.25) is 10.0 Å². The van der Waals surface area contributed by atoms with Crippen LogP contribution >= 0.6 is 23.2 Å². The number of carboxylic acid groups (broad SMARTS) is 1. The molecule has 0 aliphatic carbocycles. The van der Waals surface area contributed by atoms with Crippen LogP contribution in [0.5, 0.6) is 0 Å². The van der Waals surface area contributed by atoms with E-state index in [1.807, 2.05) is 6.92 Å². The molecule has 0 aliphatic heterocycles. The standard InChI is InChI=1S/C15H17Cl2NO3/c1-2-3-12(9-15(20)21)18-14(19)7-5-10-4-6-11(16)8-13(10)17/h4-8,12H,2-3,9H2,1H3,(H,18,19)(H,20,21)/b7-5+. The molecule has 0 saturated heterocycles. The van der Waals surface area contributed by atoms with Gasteiger partial charge >= 0.3 is 5.97 Å². The number of carboxylic acids is 1. The van der Waals surface area contributed by atoms with Crippen LogP contribution in [0, 0.1) is 0 Å². The van der Waals surface area contributed by atoms with Gasteiger partial charge < -0.3 is 10.4 Å². The average Bonchev–Trinajstić information content (AvgIpc) is 2.37. The summed E-state index contributed by atoms with van der Waals surface area (Å²) in [6, 6.07) is 4.60. The molecule has 2 N–H and O–H groups in total. The number of benzene rings is 1. The average molecular weight is 330 g/mol. The topological polar surface area (TPSA) is 66.4 Å². The lowest BCUT2D eigenvalue weighted by atomic mass is 10.1. The molecule has 4 nitrogen and oxygen atoms in total. The third kappa shape index (κ3) is 6.65. The molecule has 0 aromatic heterocycles. The van der Waals surface area contributed by atoms with E-state index < -0.39 is 5.97 Å². The molecule has 1 aromatic carbocycles. The number of aliphatic carboxylic acids is 1. The van der Waals surface area contributed by atoms with E-state index in [9.17, 15) is 9.59 Å². The lowest BCUT2D eigenvalue weighted by Crippen LogP contribution is -2.35. The normalized spacial score (nSPS) is 12.3. The summed E-state index contributed by atoms with van der Waals surface area (Å²) in [5.74, 6) is -1.28.